The van der Waals surface area contributed by atoms with Crippen molar-refractivity contribution in [2.75, 3.05) is 13.2 Å². The molecule has 5 heteroatoms. The van der Waals surface area contributed by atoms with Crippen LogP contribution in [-0.2, 0) is 4.74 Å². The van der Waals surface area contributed by atoms with Gasteiger partial charge in [-0.25, -0.2) is 4.68 Å². The minimum absolute atomic E-state index is 0.257. The monoisotopic (exact) mass is 214 g/mol. The van der Waals surface area contributed by atoms with Crippen molar-refractivity contribution in [2.45, 2.75) is 6.35 Å². The number of fused-ring (bicyclic) bond motifs is 1. The second-order valence-electron chi connectivity index (χ2n) is 3.62. The molecule has 1 aliphatic rings. The van der Waals surface area contributed by atoms with Crippen LogP contribution in [0.1, 0.15) is 11.9 Å². The highest BCUT2D eigenvalue weighted by molar-refractivity contribution is 5.84. The van der Waals surface area contributed by atoms with Gasteiger partial charge >= 0.3 is 0 Å². The molecule has 0 spiro atoms. The predicted molar refractivity (Wildman–Crippen MR) is 57.4 cm³/mol. The fraction of sp³-hybridized carbons (Fsp3) is 0.273. The fourth-order valence-electron chi connectivity index (χ4n) is 1.94. The van der Waals surface area contributed by atoms with Crippen LogP contribution in [0.2, 0.25) is 0 Å². The zero-order chi connectivity index (χ0) is 11.0. The molecule has 1 aromatic heterocycles. The van der Waals surface area contributed by atoms with Crippen molar-refractivity contribution < 1.29 is 4.74 Å². The zero-order valence-corrected chi connectivity index (χ0v) is 8.55. The maximum Gasteiger partial charge on any atom is 0.206 e. The van der Waals surface area contributed by atoms with Crippen molar-refractivity contribution in [2.24, 2.45) is 0 Å². The summed E-state index contributed by atoms with van der Waals surface area (Å²) in [6.07, 6.45) is 1.49. The van der Waals surface area contributed by atoms with Crippen molar-refractivity contribution >= 4 is 10.9 Å². The predicted octanol–water partition coefficient (Wildman–Crippen LogP) is 0.984. The van der Waals surface area contributed by atoms with Crippen molar-refractivity contribution in [3.63, 3.8) is 0 Å². The third-order valence-corrected chi connectivity index (χ3v) is 2.66. The van der Waals surface area contributed by atoms with Crippen molar-refractivity contribution in [3.8, 4) is 6.07 Å². The molecule has 16 heavy (non-hydrogen) atoms. The molecule has 0 aliphatic carbocycles. The Labute approximate surface area is 92.2 Å². The van der Waals surface area contributed by atoms with Crippen LogP contribution in [0.3, 0.4) is 0 Å². The summed E-state index contributed by atoms with van der Waals surface area (Å²) < 4.78 is 7.21. The number of nitrogens with one attached hydrogen (secondary N) is 1. The van der Waals surface area contributed by atoms with Gasteiger partial charge < -0.3 is 4.74 Å². The lowest BCUT2D eigenvalue weighted by molar-refractivity contribution is 0.0380. The van der Waals surface area contributed by atoms with E-state index < -0.39 is 0 Å². The number of rotatable bonds is 1. The van der Waals surface area contributed by atoms with Gasteiger partial charge in [0.05, 0.1) is 23.9 Å². The molecule has 1 saturated heterocycles. The van der Waals surface area contributed by atoms with E-state index in [4.69, 9.17) is 10.00 Å². The maximum atomic E-state index is 9.07. The summed E-state index contributed by atoms with van der Waals surface area (Å²) >= 11 is 0. The van der Waals surface area contributed by atoms with Gasteiger partial charge in [-0.2, -0.15) is 10.4 Å². The van der Waals surface area contributed by atoms with Crippen molar-refractivity contribution in [1.82, 2.24) is 15.1 Å². The van der Waals surface area contributed by atoms with Crippen LogP contribution < -0.4 is 5.32 Å². The van der Waals surface area contributed by atoms with Crippen LogP contribution in [0.5, 0.6) is 0 Å². The summed E-state index contributed by atoms with van der Waals surface area (Å²) in [5.41, 5.74) is 1.44. The van der Waals surface area contributed by atoms with Crippen LogP contribution >= 0.6 is 0 Å². The summed E-state index contributed by atoms with van der Waals surface area (Å²) in [7, 11) is 0. The van der Waals surface area contributed by atoms with Gasteiger partial charge in [0, 0.05) is 11.9 Å². The second kappa shape index (κ2) is 3.59. The molecule has 3 rings (SSSR count). The minimum atomic E-state index is -0.257. The lowest BCUT2D eigenvalue weighted by Gasteiger charge is -2.11. The van der Waals surface area contributed by atoms with Gasteiger partial charge in [0.25, 0.3) is 0 Å². The summed E-state index contributed by atoms with van der Waals surface area (Å²) in [5.74, 6) is 0. The summed E-state index contributed by atoms with van der Waals surface area (Å²) in [5, 5.41) is 17.5. The van der Waals surface area contributed by atoms with E-state index in [0.29, 0.717) is 12.2 Å². The van der Waals surface area contributed by atoms with Crippen LogP contribution in [0.25, 0.3) is 10.9 Å². The Bertz CT molecular complexity index is 563. The molecule has 0 bridgehead atoms. The van der Waals surface area contributed by atoms with E-state index >= 15 is 0 Å². The highest BCUT2D eigenvalue weighted by Crippen LogP contribution is 2.22. The van der Waals surface area contributed by atoms with Crippen LogP contribution in [0.4, 0.5) is 0 Å². The Hall–Kier alpha value is -1.90. The van der Waals surface area contributed by atoms with Crippen LogP contribution in [-0.4, -0.2) is 22.9 Å². The third kappa shape index (κ3) is 1.28. The molecule has 1 atom stereocenters. The van der Waals surface area contributed by atoms with Gasteiger partial charge in [-0.05, 0) is 6.07 Å². The number of para-hydroxylation sites is 1. The van der Waals surface area contributed by atoms with Crippen molar-refractivity contribution in [3.05, 3.63) is 30.0 Å². The number of ether oxygens (including phenoxy) is 1. The first-order valence-corrected chi connectivity index (χ1v) is 5.11. The quantitative estimate of drug-likeness (QED) is 0.768. The highest BCUT2D eigenvalue weighted by atomic mass is 16.5. The first-order valence-electron chi connectivity index (χ1n) is 5.11. The standard InChI is InChI=1S/C11H10N4O/c12-6-8-2-1-3-9-7-14-15(10(8)9)11-13-4-5-16-11/h1-3,7,11,13H,4-5H2. The molecule has 0 radical (unpaired) electrons. The number of benzene rings is 1. The van der Waals surface area contributed by atoms with Crippen molar-refractivity contribution in [1.29, 1.82) is 5.26 Å². The van der Waals surface area contributed by atoms with E-state index in [1.807, 2.05) is 12.1 Å². The van der Waals surface area contributed by atoms with Crippen LogP contribution in [0, 0.1) is 11.3 Å². The molecule has 1 unspecified atom stereocenters. The fourth-order valence-corrected chi connectivity index (χ4v) is 1.94. The molecule has 80 valence electrons. The van der Waals surface area contributed by atoms with E-state index in [1.54, 1.807) is 16.9 Å². The second-order valence-corrected chi connectivity index (χ2v) is 3.62. The molecule has 1 fully saturated rings. The Morgan fingerprint density at radius 3 is 3.25 bits per heavy atom. The molecule has 0 saturated carbocycles. The Morgan fingerprint density at radius 1 is 1.56 bits per heavy atom. The van der Waals surface area contributed by atoms with E-state index in [0.717, 1.165) is 17.4 Å². The number of aromatic nitrogens is 2. The van der Waals surface area contributed by atoms with E-state index in [1.165, 1.54) is 0 Å². The smallest absolute Gasteiger partial charge is 0.206 e. The molecular formula is C11H10N4O. The number of nitriles is 1. The summed E-state index contributed by atoms with van der Waals surface area (Å²) in [6, 6.07) is 7.76. The minimum Gasteiger partial charge on any atom is -0.342 e. The Morgan fingerprint density at radius 2 is 2.50 bits per heavy atom. The molecule has 2 aromatic rings. The highest BCUT2D eigenvalue weighted by Gasteiger charge is 2.20. The van der Waals surface area contributed by atoms with E-state index in [9.17, 15) is 0 Å². The molecule has 1 aliphatic heterocycles. The number of hydrogen-bond donors (Lipinski definition) is 1. The van der Waals surface area contributed by atoms with Gasteiger partial charge in [0.2, 0.25) is 6.35 Å². The maximum absolute atomic E-state index is 9.07. The Balaban J connectivity index is 2.21. The van der Waals surface area contributed by atoms with E-state index in [2.05, 4.69) is 16.5 Å². The number of hydrogen-bond acceptors (Lipinski definition) is 4. The van der Waals surface area contributed by atoms with Gasteiger partial charge in [-0.3, -0.25) is 5.32 Å². The average molecular weight is 214 g/mol. The SMILES string of the molecule is N#Cc1cccc2cnn(C3NCCO3)c12. The number of nitrogens with zero attached hydrogens (tertiary/aromatic N) is 3. The summed E-state index contributed by atoms with van der Waals surface area (Å²) in [6.45, 7) is 1.47. The van der Waals surface area contributed by atoms with Gasteiger partial charge in [0.15, 0.2) is 0 Å². The van der Waals surface area contributed by atoms with E-state index in [-0.39, 0.29) is 6.35 Å². The molecule has 0 amide bonds. The first kappa shape index (κ1) is 9.33. The summed E-state index contributed by atoms with van der Waals surface area (Å²) in [4.78, 5) is 0. The molecule has 1 aromatic carbocycles. The molecule has 1 N–H and O–H groups in total. The lowest BCUT2D eigenvalue weighted by atomic mass is 10.2. The van der Waals surface area contributed by atoms with Crippen LogP contribution in [0.15, 0.2) is 24.4 Å². The molecule has 5 nitrogen and oxygen atoms in total. The first-order chi connectivity index (χ1) is 7.90. The largest absolute Gasteiger partial charge is 0.342 e. The molecular weight excluding hydrogens is 204 g/mol. The average Bonchev–Trinajstić information content (AvgIpc) is 2.96. The third-order valence-electron chi connectivity index (χ3n) is 2.66. The molecule has 2 heterocycles. The topological polar surface area (TPSA) is 62.9 Å². The van der Waals surface area contributed by atoms with Gasteiger partial charge in [-0.1, -0.05) is 12.1 Å². The normalized spacial score (nSPS) is 20.1. The van der Waals surface area contributed by atoms with Gasteiger partial charge in [0.1, 0.15) is 6.07 Å². The Kier molecular flexibility index (Phi) is 2.10. The lowest BCUT2D eigenvalue weighted by Crippen LogP contribution is -2.22. The van der Waals surface area contributed by atoms with Gasteiger partial charge in [-0.15, -0.1) is 0 Å². The zero-order valence-electron chi connectivity index (χ0n) is 8.55.